The van der Waals surface area contributed by atoms with Crippen molar-refractivity contribution in [2.24, 2.45) is 0 Å². The topological polar surface area (TPSA) is 78.0 Å². The Bertz CT molecular complexity index is 828. The molecule has 1 aromatic heterocycles. The van der Waals surface area contributed by atoms with Crippen molar-refractivity contribution in [3.63, 3.8) is 0 Å². The van der Waals surface area contributed by atoms with Gasteiger partial charge in [0.25, 0.3) is 5.91 Å². The van der Waals surface area contributed by atoms with Gasteiger partial charge in [0.1, 0.15) is 5.69 Å². The Morgan fingerprint density at radius 1 is 1.28 bits per heavy atom. The van der Waals surface area contributed by atoms with Crippen LogP contribution in [0.15, 0.2) is 59.9 Å². The van der Waals surface area contributed by atoms with Gasteiger partial charge in [0.15, 0.2) is 0 Å². The fraction of sp³-hybridized carbons (Fsp3) is 0.263. The van der Waals surface area contributed by atoms with E-state index in [2.05, 4.69) is 45.6 Å². The van der Waals surface area contributed by atoms with Gasteiger partial charge in [-0.25, -0.2) is 4.98 Å². The summed E-state index contributed by atoms with van der Waals surface area (Å²) >= 11 is 1.74. The van der Waals surface area contributed by atoms with E-state index in [1.54, 1.807) is 18.7 Å². The molecule has 2 aromatic carbocycles. The summed E-state index contributed by atoms with van der Waals surface area (Å²) in [6.07, 6.45) is 2.98. The number of fused-ring (bicyclic) bond motifs is 1. The van der Waals surface area contributed by atoms with Crippen molar-refractivity contribution < 1.29 is 9.90 Å². The van der Waals surface area contributed by atoms with Crippen LogP contribution in [-0.4, -0.2) is 38.9 Å². The number of benzene rings is 2. The number of aliphatic hydroxyl groups is 1. The van der Waals surface area contributed by atoms with E-state index in [1.807, 2.05) is 12.1 Å². The smallest absolute Gasteiger partial charge is 0.269 e. The number of thioether (sulfide) groups is 1. The van der Waals surface area contributed by atoms with E-state index in [1.165, 1.54) is 28.2 Å². The van der Waals surface area contributed by atoms with Crippen LogP contribution >= 0.6 is 11.8 Å². The molecule has 1 heterocycles. The first kappa shape index (κ1) is 17.5. The molecule has 3 aromatic rings. The van der Waals surface area contributed by atoms with Crippen molar-refractivity contribution in [2.75, 3.05) is 5.75 Å². The van der Waals surface area contributed by atoms with Gasteiger partial charge in [-0.15, -0.1) is 11.8 Å². The highest BCUT2D eigenvalue weighted by molar-refractivity contribution is 7.99. The molecule has 0 spiro atoms. The van der Waals surface area contributed by atoms with Crippen molar-refractivity contribution in [3.8, 4) is 0 Å². The summed E-state index contributed by atoms with van der Waals surface area (Å²) in [5, 5.41) is 15.3. The van der Waals surface area contributed by atoms with E-state index < -0.39 is 6.10 Å². The van der Waals surface area contributed by atoms with E-state index in [9.17, 15) is 9.90 Å². The van der Waals surface area contributed by atoms with Crippen molar-refractivity contribution in [1.82, 2.24) is 15.3 Å². The average Bonchev–Trinajstić information content (AvgIpc) is 3.15. The highest BCUT2D eigenvalue weighted by atomic mass is 32.2. The molecule has 5 nitrogen and oxygen atoms in total. The predicted molar refractivity (Wildman–Crippen MR) is 101 cm³/mol. The lowest BCUT2D eigenvalue weighted by molar-refractivity contribution is 0.0851. The zero-order chi connectivity index (χ0) is 17.6. The summed E-state index contributed by atoms with van der Waals surface area (Å²) < 4.78 is 0. The number of carbonyl (C=O) groups is 1. The van der Waals surface area contributed by atoms with Crippen LogP contribution in [0.5, 0.6) is 0 Å². The zero-order valence-corrected chi connectivity index (χ0v) is 14.8. The highest BCUT2D eigenvalue weighted by Gasteiger charge is 2.19. The largest absolute Gasteiger partial charge is 0.391 e. The molecule has 0 aliphatic heterocycles. The first-order valence-electron chi connectivity index (χ1n) is 8.23. The van der Waals surface area contributed by atoms with Crippen molar-refractivity contribution >= 4 is 28.4 Å². The van der Waals surface area contributed by atoms with Crippen LogP contribution in [0.2, 0.25) is 0 Å². The molecule has 3 rings (SSSR count). The monoisotopic (exact) mass is 355 g/mol. The lowest BCUT2D eigenvalue weighted by Gasteiger charge is -2.21. The van der Waals surface area contributed by atoms with Crippen LogP contribution < -0.4 is 5.32 Å². The number of nitrogens with one attached hydrogen (secondary N) is 2. The fourth-order valence-corrected chi connectivity index (χ4v) is 3.79. The Morgan fingerprint density at radius 2 is 2.08 bits per heavy atom. The van der Waals surface area contributed by atoms with Crippen molar-refractivity contribution in [2.45, 2.75) is 30.4 Å². The lowest BCUT2D eigenvalue weighted by atomic mass is 10.1. The second kappa shape index (κ2) is 8.18. The maximum Gasteiger partial charge on any atom is 0.269 e. The van der Waals surface area contributed by atoms with E-state index in [0.717, 1.165) is 5.75 Å². The number of imidazole rings is 1. The van der Waals surface area contributed by atoms with Gasteiger partial charge in [0, 0.05) is 10.6 Å². The number of aliphatic hydroxyl groups excluding tert-OH is 1. The highest BCUT2D eigenvalue weighted by Crippen LogP contribution is 2.28. The number of nitrogens with zero attached hydrogens (tertiary/aromatic N) is 1. The van der Waals surface area contributed by atoms with Gasteiger partial charge in [0.05, 0.1) is 24.7 Å². The first-order chi connectivity index (χ1) is 12.1. The van der Waals surface area contributed by atoms with Crippen molar-refractivity contribution in [1.29, 1.82) is 0 Å². The van der Waals surface area contributed by atoms with E-state index in [-0.39, 0.29) is 11.9 Å². The molecule has 6 heteroatoms. The molecule has 2 atom stereocenters. The number of aromatic amines is 1. The SMILES string of the molecule is C[C@H](O)[C@@H](CCSc1cccc2ccccc12)NC(=O)c1cnc[nH]1. The predicted octanol–water partition coefficient (Wildman–Crippen LogP) is 3.22. The molecular weight excluding hydrogens is 334 g/mol. The molecule has 0 fully saturated rings. The maximum absolute atomic E-state index is 12.1. The Morgan fingerprint density at radius 3 is 2.84 bits per heavy atom. The minimum Gasteiger partial charge on any atom is -0.391 e. The number of H-pyrrole nitrogens is 1. The molecular formula is C19H21N3O2S. The second-order valence-electron chi connectivity index (χ2n) is 5.90. The van der Waals surface area contributed by atoms with Crippen LogP contribution in [0.25, 0.3) is 10.8 Å². The van der Waals surface area contributed by atoms with Gasteiger partial charge in [-0.3, -0.25) is 4.79 Å². The summed E-state index contributed by atoms with van der Waals surface area (Å²) in [7, 11) is 0. The molecule has 25 heavy (non-hydrogen) atoms. The number of carbonyl (C=O) groups excluding carboxylic acids is 1. The molecule has 0 bridgehead atoms. The number of hydrogen-bond donors (Lipinski definition) is 3. The average molecular weight is 355 g/mol. The molecule has 0 aliphatic carbocycles. The van der Waals surface area contributed by atoms with Crippen molar-refractivity contribution in [3.05, 3.63) is 60.7 Å². The molecule has 1 amide bonds. The van der Waals surface area contributed by atoms with Gasteiger partial charge in [-0.1, -0.05) is 36.4 Å². The third-order valence-corrected chi connectivity index (χ3v) is 5.18. The Balaban J connectivity index is 1.61. The summed E-state index contributed by atoms with van der Waals surface area (Å²) in [6.45, 7) is 1.69. The third-order valence-electron chi connectivity index (χ3n) is 4.08. The van der Waals surface area contributed by atoms with Gasteiger partial charge >= 0.3 is 0 Å². The summed E-state index contributed by atoms with van der Waals surface area (Å²) in [6, 6.07) is 14.2. The number of hydrogen-bond acceptors (Lipinski definition) is 4. The molecule has 3 N–H and O–H groups in total. The Hall–Kier alpha value is -2.31. The summed E-state index contributed by atoms with van der Waals surface area (Å²) in [4.78, 5) is 20.0. The van der Waals surface area contributed by atoms with Crippen LogP contribution in [0.4, 0.5) is 0 Å². The zero-order valence-electron chi connectivity index (χ0n) is 14.0. The normalized spacial score (nSPS) is 13.5. The maximum atomic E-state index is 12.1. The lowest BCUT2D eigenvalue weighted by Crippen LogP contribution is -2.42. The standard InChI is InChI=1S/C19H21N3O2S/c1-13(23)16(22-19(24)17-11-20-12-21-17)9-10-25-18-8-4-6-14-5-2-3-7-15(14)18/h2-8,11-13,16,23H,9-10H2,1H3,(H,20,21)(H,22,24)/t13-,16+/m0/s1. The quantitative estimate of drug-likeness (QED) is 0.569. The fourth-order valence-electron chi connectivity index (χ4n) is 2.68. The Labute approximate surface area is 150 Å². The number of rotatable bonds is 7. The summed E-state index contributed by atoms with van der Waals surface area (Å²) in [5.74, 6) is 0.547. The first-order valence-corrected chi connectivity index (χ1v) is 9.21. The van der Waals surface area contributed by atoms with E-state index in [4.69, 9.17) is 0 Å². The molecule has 0 saturated carbocycles. The van der Waals surface area contributed by atoms with Gasteiger partial charge in [-0.05, 0) is 30.2 Å². The third kappa shape index (κ3) is 4.41. The van der Waals surface area contributed by atoms with Gasteiger partial charge in [-0.2, -0.15) is 0 Å². The Kier molecular flexibility index (Phi) is 5.73. The van der Waals surface area contributed by atoms with Crippen LogP contribution in [-0.2, 0) is 0 Å². The van der Waals surface area contributed by atoms with Crippen LogP contribution in [0.1, 0.15) is 23.8 Å². The molecule has 0 aliphatic rings. The van der Waals surface area contributed by atoms with Gasteiger partial charge < -0.3 is 15.4 Å². The minimum absolute atomic E-state index is 0.251. The van der Waals surface area contributed by atoms with Crippen LogP contribution in [0, 0.1) is 0 Å². The second-order valence-corrected chi connectivity index (χ2v) is 7.04. The molecule has 0 radical (unpaired) electrons. The minimum atomic E-state index is -0.625. The van der Waals surface area contributed by atoms with Crippen LogP contribution in [0.3, 0.4) is 0 Å². The molecule has 0 saturated heterocycles. The number of amides is 1. The molecule has 130 valence electrons. The molecule has 0 unspecified atom stereocenters. The summed E-state index contributed by atoms with van der Waals surface area (Å²) in [5.41, 5.74) is 0.396. The van der Waals surface area contributed by atoms with Gasteiger partial charge in [0.2, 0.25) is 0 Å². The van der Waals surface area contributed by atoms with E-state index >= 15 is 0 Å². The number of aromatic nitrogens is 2. The van der Waals surface area contributed by atoms with E-state index in [0.29, 0.717) is 12.1 Å².